The first kappa shape index (κ1) is 18.1. The standard InChI is InChI=1S/C25H24FN3/c1-16(17-6-3-2-4-7-17)28-23-9-5-8-20-21-14-18(10-12-22(21)29-25(20)23)19-11-13-24(26)27-15-19/h2-4,6-7,10-16,23,28-29H,5,8-9H2,1H3/t16-,23?/m1/s1. The number of rotatable bonds is 4. The molecule has 0 spiro atoms. The zero-order valence-corrected chi connectivity index (χ0v) is 16.5. The predicted octanol–water partition coefficient (Wildman–Crippen LogP) is 6.10. The van der Waals surface area contributed by atoms with Crippen LogP contribution in [0.3, 0.4) is 0 Å². The lowest BCUT2D eigenvalue weighted by Crippen LogP contribution is -2.27. The smallest absolute Gasteiger partial charge is 0.212 e. The molecule has 4 aromatic rings. The van der Waals surface area contributed by atoms with E-state index in [-0.39, 0.29) is 0 Å². The highest BCUT2D eigenvalue weighted by atomic mass is 19.1. The Morgan fingerprint density at radius 1 is 1.07 bits per heavy atom. The van der Waals surface area contributed by atoms with E-state index < -0.39 is 5.95 Å². The van der Waals surface area contributed by atoms with E-state index >= 15 is 0 Å². The number of nitrogens with zero attached hydrogens (tertiary/aromatic N) is 1. The van der Waals surface area contributed by atoms with E-state index in [0.717, 1.165) is 29.5 Å². The van der Waals surface area contributed by atoms with E-state index in [1.54, 1.807) is 12.3 Å². The van der Waals surface area contributed by atoms with Crippen LogP contribution in [-0.4, -0.2) is 9.97 Å². The molecule has 0 aliphatic heterocycles. The maximum absolute atomic E-state index is 13.2. The van der Waals surface area contributed by atoms with Gasteiger partial charge in [-0.25, -0.2) is 4.98 Å². The molecule has 0 fully saturated rings. The van der Waals surface area contributed by atoms with Crippen molar-refractivity contribution in [1.29, 1.82) is 0 Å². The molecule has 0 amide bonds. The van der Waals surface area contributed by atoms with Crippen LogP contribution < -0.4 is 5.32 Å². The lowest BCUT2D eigenvalue weighted by Gasteiger charge is -2.27. The van der Waals surface area contributed by atoms with Gasteiger partial charge in [0.15, 0.2) is 0 Å². The summed E-state index contributed by atoms with van der Waals surface area (Å²) in [6, 6.07) is 20.8. The van der Waals surface area contributed by atoms with E-state index in [1.807, 2.05) is 0 Å². The highest BCUT2D eigenvalue weighted by Crippen LogP contribution is 2.37. The van der Waals surface area contributed by atoms with Gasteiger partial charge in [0.05, 0.1) is 0 Å². The minimum Gasteiger partial charge on any atom is -0.357 e. The summed E-state index contributed by atoms with van der Waals surface area (Å²) < 4.78 is 13.2. The van der Waals surface area contributed by atoms with Gasteiger partial charge in [0.1, 0.15) is 0 Å². The van der Waals surface area contributed by atoms with Gasteiger partial charge in [0, 0.05) is 40.4 Å². The summed E-state index contributed by atoms with van der Waals surface area (Å²) in [5, 5.41) is 5.09. The van der Waals surface area contributed by atoms with Gasteiger partial charge < -0.3 is 10.3 Å². The quantitative estimate of drug-likeness (QED) is 0.417. The topological polar surface area (TPSA) is 40.7 Å². The Morgan fingerprint density at radius 2 is 1.90 bits per heavy atom. The van der Waals surface area contributed by atoms with Crippen LogP contribution >= 0.6 is 0 Å². The van der Waals surface area contributed by atoms with Crippen molar-refractivity contribution in [2.75, 3.05) is 0 Å². The van der Waals surface area contributed by atoms with Crippen LogP contribution in [0.1, 0.15) is 48.7 Å². The van der Waals surface area contributed by atoms with Crippen molar-refractivity contribution in [3.8, 4) is 11.1 Å². The van der Waals surface area contributed by atoms with Crippen molar-refractivity contribution in [3.63, 3.8) is 0 Å². The Bertz CT molecular complexity index is 1130. The van der Waals surface area contributed by atoms with Crippen LogP contribution in [0.15, 0.2) is 66.9 Å². The minimum absolute atomic E-state index is 0.291. The molecule has 1 aliphatic carbocycles. The van der Waals surface area contributed by atoms with Crippen molar-refractivity contribution in [3.05, 3.63) is 89.6 Å². The number of benzene rings is 2. The third kappa shape index (κ3) is 3.45. The SMILES string of the molecule is C[C@@H](NC1CCCc2c1[nH]c1ccc(-c3ccc(F)nc3)cc21)c1ccccc1. The van der Waals surface area contributed by atoms with Crippen LogP contribution in [-0.2, 0) is 6.42 Å². The summed E-state index contributed by atoms with van der Waals surface area (Å²) in [4.78, 5) is 7.47. The summed E-state index contributed by atoms with van der Waals surface area (Å²) in [7, 11) is 0. The van der Waals surface area contributed by atoms with Crippen molar-refractivity contribution in [1.82, 2.24) is 15.3 Å². The molecule has 1 aliphatic rings. The fraction of sp³-hybridized carbons (Fsp3) is 0.240. The highest BCUT2D eigenvalue weighted by molar-refractivity contribution is 5.89. The van der Waals surface area contributed by atoms with E-state index in [9.17, 15) is 4.39 Å². The average molecular weight is 385 g/mol. The third-order valence-corrected chi connectivity index (χ3v) is 6.02. The molecule has 2 aromatic heterocycles. The summed E-state index contributed by atoms with van der Waals surface area (Å²) in [6.45, 7) is 2.23. The molecule has 2 N–H and O–H groups in total. The lowest BCUT2D eigenvalue weighted by atomic mass is 9.90. The molecule has 0 radical (unpaired) electrons. The Kier molecular flexibility index (Phi) is 4.64. The fourth-order valence-corrected chi connectivity index (χ4v) is 4.50. The van der Waals surface area contributed by atoms with Gasteiger partial charge in [0.2, 0.25) is 5.95 Å². The molecule has 0 bridgehead atoms. The monoisotopic (exact) mass is 385 g/mol. The second-order valence-corrected chi connectivity index (χ2v) is 7.89. The number of pyridine rings is 1. The summed E-state index contributed by atoms with van der Waals surface area (Å²) >= 11 is 0. The summed E-state index contributed by atoms with van der Waals surface area (Å²) in [5.74, 6) is -0.449. The number of aryl methyl sites for hydroxylation is 1. The van der Waals surface area contributed by atoms with Crippen molar-refractivity contribution in [2.24, 2.45) is 0 Å². The van der Waals surface area contributed by atoms with Gasteiger partial charge in [-0.1, -0.05) is 36.4 Å². The average Bonchev–Trinajstić information content (AvgIpc) is 3.14. The zero-order valence-electron chi connectivity index (χ0n) is 16.5. The summed E-state index contributed by atoms with van der Waals surface area (Å²) in [6.07, 6.45) is 4.98. The summed E-state index contributed by atoms with van der Waals surface area (Å²) in [5.41, 5.74) is 7.19. The number of hydrogen-bond acceptors (Lipinski definition) is 2. The van der Waals surface area contributed by atoms with Crippen LogP contribution in [0.25, 0.3) is 22.0 Å². The van der Waals surface area contributed by atoms with Crippen LogP contribution in [0.2, 0.25) is 0 Å². The first-order chi connectivity index (χ1) is 14.2. The number of H-pyrrole nitrogens is 1. The number of fused-ring (bicyclic) bond motifs is 3. The number of nitrogens with one attached hydrogen (secondary N) is 2. The van der Waals surface area contributed by atoms with E-state index in [2.05, 4.69) is 70.7 Å². The first-order valence-corrected chi connectivity index (χ1v) is 10.3. The van der Waals surface area contributed by atoms with Crippen LogP contribution in [0.4, 0.5) is 4.39 Å². The Hall–Kier alpha value is -2.98. The molecule has 29 heavy (non-hydrogen) atoms. The molecule has 2 atom stereocenters. The molecular weight excluding hydrogens is 361 g/mol. The largest absolute Gasteiger partial charge is 0.357 e. The number of aromatic nitrogens is 2. The number of hydrogen-bond donors (Lipinski definition) is 2. The van der Waals surface area contributed by atoms with Gasteiger partial charge in [-0.15, -0.1) is 0 Å². The van der Waals surface area contributed by atoms with Crippen molar-refractivity contribution in [2.45, 2.75) is 38.3 Å². The second kappa shape index (κ2) is 7.45. The van der Waals surface area contributed by atoms with Gasteiger partial charge >= 0.3 is 0 Å². The molecule has 2 aromatic carbocycles. The van der Waals surface area contributed by atoms with Crippen LogP contribution in [0, 0.1) is 5.95 Å². The van der Waals surface area contributed by atoms with Crippen molar-refractivity contribution >= 4 is 10.9 Å². The lowest BCUT2D eigenvalue weighted by molar-refractivity contribution is 0.410. The van der Waals surface area contributed by atoms with Crippen LogP contribution in [0.5, 0.6) is 0 Å². The molecule has 5 rings (SSSR count). The number of aromatic amines is 1. The second-order valence-electron chi connectivity index (χ2n) is 7.89. The molecule has 3 nitrogen and oxygen atoms in total. The Balaban J connectivity index is 1.49. The van der Waals surface area contributed by atoms with E-state index in [0.29, 0.717) is 12.1 Å². The molecule has 0 saturated heterocycles. The Labute approximate surface area is 170 Å². The molecule has 146 valence electrons. The van der Waals surface area contributed by atoms with Gasteiger partial charge in [-0.2, -0.15) is 4.39 Å². The molecular formula is C25H24FN3. The predicted molar refractivity (Wildman–Crippen MR) is 115 cm³/mol. The minimum atomic E-state index is -0.449. The third-order valence-electron chi connectivity index (χ3n) is 6.02. The highest BCUT2D eigenvalue weighted by Gasteiger charge is 2.25. The maximum atomic E-state index is 13.2. The first-order valence-electron chi connectivity index (χ1n) is 10.3. The van der Waals surface area contributed by atoms with Crippen molar-refractivity contribution < 1.29 is 4.39 Å². The molecule has 4 heteroatoms. The number of halogens is 1. The normalized spacial score (nSPS) is 17.2. The molecule has 2 heterocycles. The maximum Gasteiger partial charge on any atom is 0.212 e. The molecule has 1 unspecified atom stereocenters. The fourth-order valence-electron chi connectivity index (χ4n) is 4.50. The zero-order chi connectivity index (χ0) is 19.8. The molecule has 0 saturated carbocycles. The Morgan fingerprint density at radius 3 is 2.69 bits per heavy atom. The van der Waals surface area contributed by atoms with Gasteiger partial charge in [-0.05, 0) is 67.1 Å². The van der Waals surface area contributed by atoms with E-state index in [1.165, 1.54) is 34.7 Å². The van der Waals surface area contributed by atoms with Gasteiger partial charge in [0.25, 0.3) is 0 Å². The van der Waals surface area contributed by atoms with Gasteiger partial charge in [-0.3, -0.25) is 0 Å². The van der Waals surface area contributed by atoms with E-state index in [4.69, 9.17) is 0 Å².